The third kappa shape index (κ3) is 5.90. The molecule has 0 bridgehead atoms. The summed E-state index contributed by atoms with van der Waals surface area (Å²) < 4.78 is 5.15. The molecule has 1 unspecified atom stereocenters. The van der Waals surface area contributed by atoms with Gasteiger partial charge in [-0.2, -0.15) is 0 Å². The fourth-order valence-corrected chi connectivity index (χ4v) is 16.5. The van der Waals surface area contributed by atoms with E-state index in [1.807, 2.05) is 11.3 Å². The van der Waals surface area contributed by atoms with Crippen LogP contribution in [0.3, 0.4) is 0 Å². The average Bonchev–Trinajstić information content (AvgIpc) is 3.04. The standard InChI is InChI=1S/C78H48N2S/c1-3-20-51(21-4-1)77(52-22-5-2-6-23-52)66-46-39-49-19-7-8-24-56(49)74(66)62-45-43-55(48-69(62)77)79(53-40-37-50(38-41-53)57-28-18-36-73-75(57)63-27-11-16-35-72(63)81-73)54-42-44-59-58-25-9-12-30-64(58)78(68(59)47-54)65-31-13-15-34-71(65)80-70-33-14-10-26-60(70)61-29-17-32-67(78)76(61)80/h1-48H. The van der Waals surface area contributed by atoms with Gasteiger partial charge in [-0.25, -0.2) is 0 Å². The fraction of sp³-hybridized carbons (Fsp3) is 0.0256. The molecule has 2 aromatic heterocycles. The van der Waals surface area contributed by atoms with Crippen LogP contribution in [0.25, 0.3) is 91.8 Å². The van der Waals surface area contributed by atoms with Crippen LogP contribution >= 0.6 is 11.3 Å². The first-order valence-corrected chi connectivity index (χ1v) is 29.0. The molecule has 2 aliphatic carbocycles. The van der Waals surface area contributed by atoms with Crippen LogP contribution in [0, 0.1) is 0 Å². The monoisotopic (exact) mass is 1040 g/mol. The fourth-order valence-electron chi connectivity index (χ4n) is 15.3. The number of thiophene rings is 1. The normalized spacial score (nSPS) is 15.1. The highest BCUT2D eigenvalue weighted by atomic mass is 32.1. The lowest BCUT2D eigenvalue weighted by Crippen LogP contribution is -2.33. The average molecular weight is 1050 g/mol. The number of fused-ring (bicyclic) bond motifs is 20. The number of para-hydroxylation sites is 3. The predicted molar refractivity (Wildman–Crippen MR) is 339 cm³/mol. The molecule has 0 saturated heterocycles. The molecule has 0 fully saturated rings. The van der Waals surface area contributed by atoms with Crippen molar-refractivity contribution in [2.75, 3.05) is 4.90 Å². The van der Waals surface area contributed by atoms with Gasteiger partial charge in [0, 0.05) is 48.0 Å². The van der Waals surface area contributed by atoms with E-state index in [4.69, 9.17) is 0 Å². The number of rotatable bonds is 6. The molecule has 2 nitrogen and oxygen atoms in total. The molecule has 15 aromatic rings. The van der Waals surface area contributed by atoms with E-state index < -0.39 is 10.8 Å². The maximum atomic E-state index is 2.55. The number of hydrogen-bond acceptors (Lipinski definition) is 2. The molecule has 1 spiro atoms. The summed E-state index contributed by atoms with van der Waals surface area (Å²) in [5.41, 5.74) is 23.6. The van der Waals surface area contributed by atoms with Gasteiger partial charge in [-0.3, -0.25) is 0 Å². The molecular formula is C78H48N2S. The molecule has 3 heteroatoms. The molecule has 1 aliphatic heterocycles. The molecule has 1 atom stereocenters. The van der Waals surface area contributed by atoms with Crippen molar-refractivity contribution in [3.05, 3.63) is 336 Å². The van der Waals surface area contributed by atoms with Crippen molar-refractivity contribution in [2.45, 2.75) is 10.8 Å². The van der Waals surface area contributed by atoms with Crippen molar-refractivity contribution < 1.29 is 0 Å². The molecule has 3 aliphatic rings. The lowest BCUT2D eigenvalue weighted by Gasteiger charge is -2.40. The highest BCUT2D eigenvalue weighted by Crippen LogP contribution is 2.63. The first-order chi connectivity index (χ1) is 40.2. The minimum absolute atomic E-state index is 0.614. The van der Waals surface area contributed by atoms with Gasteiger partial charge < -0.3 is 9.47 Å². The van der Waals surface area contributed by atoms with Gasteiger partial charge >= 0.3 is 0 Å². The molecule has 13 aromatic carbocycles. The van der Waals surface area contributed by atoms with Crippen LogP contribution in [0.4, 0.5) is 17.1 Å². The van der Waals surface area contributed by atoms with Crippen molar-refractivity contribution >= 4 is 81.1 Å². The van der Waals surface area contributed by atoms with Gasteiger partial charge in [0.25, 0.3) is 0 Å². The second-order valence-electron chi connectivity index (χ2n) is 22.2. The van der Waals surface area contributed by atoms with Gasteiger partial charge in [0.15, 0.2) is 0 Å². The van der Waals surface area contributed by atoms with Crippen molar-refractivity contribution in [1.29, 1.82) is 0 Å². The van der Waals surface area contributed by atoms with Crippen molar-refractivity contribution in [3.8, 4) is 39.1 Å². The summed E-state index contributed by atoms with van der Waals surface area (Å²) in [7, 11) is 0. The van der Waals surface area contributed by atoms with Crippen LogP contribution in [0.15, 0.2) is 291 Å². The van der Waals surface area contributed by atoms with E-state index >= 15 is 0 Å². The van der Waals surface area contributed by atoms with Gasteiger partial charge in [-0.05, 0) is 149 Å². The van der Waals surface area contributed by atoms with Crippen molar-refractivity contribution in [2.24, 2.45) is 0 Å². The lowest BCUT2D eigenvalue weighted by atomic mass is 9.65. The summed E-state index contributed by atoms with van der Waals surface area (Å²) in [6.07, 6.45) is 0. The van der Waals surface area contributed by atoms with Gasteiger partial charge in [0.2, 0.25) is 0 Å². The Hall–Kier alpha value is -10.1. The number of hydrogen-bond donors (Lipinski definition) is 0. The zero-order valence-electron chi connectivity index (χ0n) is 44.0. The largest absolute Gasteiger partial charge is 0.310 e. The highest BCUT2D eigenvalue weighted by molar-refractivity contribution is 7.25. The molecule has 18 rings (SSSR count). The second kappa shape index (κ2) is 16.7. The maximum Gasteiger partial charge on any atom is 0.0755 e. The Morgan fingerprint density at radius 1 is 0.321 bits per heavy atom. The quantitative estimate of drug-likeness (QED) is 0.161. The van der Waals surface area contributed by atoms with E-state index in [0.29, 0.717) is 0 Å². The van der Waals surface area contributed by atoms with E-state index in [0.717, 1.165) is 17.1 Å². The van der Waals surface area contributed by atoms with Crippen LogP contribution in [-0.2, 0) is 10.8 Å². The predicted octanol–water partition coefficient (Wildman–Crippen LogP) is 20.5. The van der Waals surface area contributed by atoms with Crippen LogP contribution < -0.4 is 4.90 Å². The van der Waals surface area contributed by atoms with Crippen molar-refractivity contribution in [1.82, 2.24) is 4.57 Å². The zero-order chi connectivity index (χ0) is 53.0. The summed E-state index contributed by atoms with van der Waals surface area (Å²) in [6.45, 7) is 0. The summed E-state index contributed by atoms with van der Waals surface area (Å²) >= 11 is 1.87. The number of nitrogens with zero attached hydrogens (tertiary/aromatic N) is 2. The third-order valence-corrected chi connectivity index (χ3v) is 19.6. The van der Waals surface area contributed by atoms with Crippen LogP contribution in [0.5, 0.6) is 0 Å². The number of benzene rings is 13. The SMILES string of the molecule is c1ccc(C2(c3ccccc3)c3cc(N(c4ccc(-c5cccc6sc7ccccc7c56)cc4)c4ccc5c(c4)C4(c6ccccc6-5)c5ccccc5-n5c6ccccc6c6cccc4c65)ccc3-c3c2ccc2ccccc32)cc1. The van der Waals surface area contributed by atoms with E-state index in [1.54, 1.807) is 0 Å². The zero-order valence-corrected chi connectivity index (χ0v) is 44.8. The van der Waals surface area contributed by atoms with Gasteiger partial charge in [0.1, 0.15) is 0 Å². The molecule has 0 radical (unpaired) electrons. The van der Waals surface area contributed by atoms with Crippen LogP contribution in [-0.4, -0.2) is 4.57 Å². The Kier molecular flexibility index (Phi) is 9.27. The van der Waals surface area contributed by atoms with E-state index in [9.17, 15) is 0 Å². The first-order valence-electron chi connectivity index (χ1n) is 28.2. The van der Waals surface area contributed by atoms with Gasteiger partial charge in [-0.15, -0.1) is 11.3 Å². The maximum absolute atomic E-state index is 2.55. The van der Waals surface area contributed by atoms with Gasteiger partial charge in [0.05, 0.1) is 27.6 Å². The lowest BCUT2D eigenvalue weighted by molar-refractivity contribution is 0.748. The minimum atomic E-state index is -0.615. The van der Waals surface area contributed by atoms with Gasteiger partial charge in [-0.1, -0.05) is 231 Å². The summed E-state index contributed by atoms with van der Waals surface area (Å²) in [5, 5.41) is 7.68. The smallest absolute Gasteiger partial charge is 0.0755 e. The van der Waals surface area contributed by atoms with E-state index in [2.05, 4.69) is 301 Å². The third-order valence-electron chi connectivity index (χ3n) is 18.5. The highest BCUT2D eigenvalue weighted by Gasteiger charge is 2.52. The molecule has 0 amide bonds. The summed E-state index contributed by atoms with van der Waals surface area (Å²) in [4.78, 5) is 2.54. The minimum Gasteiger partial charge on any atom is -0.310 e. The molecule has 81 heavy (non-hydrogen) atoms. The Labute approximate surface area is 473 Å². The summed E-state index contributed by atoms with van der Waals surface area (Å²) in [6, 6.07) is 110. The van der Waals surface area contributed by atoms with E-state index in [-0.39, 0.29) is 0 Å². The number of aromatic nitrogens is 1. The molecular weight excluding hydrogens is 997 g/mol. The second-order valence-corrected chi connectivity index (χ2v) is 23.3. The Bertz CT molecular complexity index is 5080. The van der Waals surface area contributed by atoms with Crippen LogP contribution in [0.1, 0.15) is 44.5 Å². The molecule has 3 heterocycles. The van der Waals surface area contributed by atoms with E-state index in [1.165, 1.54) is 136 Å². The molecule has 0 saturated carbocycles. The Balaban J connectivity index is 0.918. The van der Waals surface area contributed by atoms with Crippen LogP contribution in [0.2, 0.25) is 0 Å². The summed E-state index contributed by atoms with van der Waals surface area (Å²) in [5.74, 6) is 0. The Morgan fingerprint density at radius 2 is 0.889 bits per heavy atom. The molecule has 376 valence electrons. The Morgan fingerprint density at radius 3 is 1.69 bits per heavy atom. The first kappa shape index (κ1) is 44.9. The van der Waals surface area contributed by atoms with Crippen molar-refractivity contribution in [3.63, 3.8) is 0 Å². The molecule has 0 N–H and O–H groups in total. The number of anilines is 3. The topological polar surface area (TPSA) is 8.17 Å².